The van der Waals surface area contributed by atoms with Crippen LogP contribution in [-0.4, -0.2) is 64.9 Å². The molecule has 0 aliphatic rings. The maximum absolute atomic E-state index is 13.0. The van der Waals surface area contributed by atoms with Gasteiger partial charge in [0.15, 0.2) is 0 Å². The second-order valence-corrected chi connectivity index (χ2v) is 7.94. The first kappa shape index (κ1) is 25.2. The molecule has 0 aliphatic carbocycles. The predicted molar refractivity (Wildman–Crippen MR) is 112 cm³/mol. The molecule has 9 nitrogen and oxygen atoms in total. The zero-order valence-corrected chi connectivity index (χ0v) is 18.3. The Morgan fingerprint density at radius 3 is 2.37 bits per heavy atom. The number of para-hydroxylation sites is 1. The van der Waals surface area contributed by atoms with Gasteiger partial charge in [-0.05, 0) is 33.3 Å². The van der Waals surface area contributed by atoms with Crippen LogP contribution >= 0.6 is 0 Å². The lowest BCUT2D eigenvalue weighted by Crippen LogP contribution is -2.53. The van der Waals surface area contributed by atoms with Gasteiger partial charge < -0.3 is 30.5 Å². The SMILES string of the molecule is CCCCNC(=O)C(c1ccccc1O)N(C)C(=O)C(CO)NC(=O)OC(C)(C)C. The van der Waals surface area contributed by atoms with Crippen LogP contribution in [0.3, 0.4) is 0 Å². The summed E-state index contributed by atoms with van der Waals surface area (Å²) in [7, 11) is 1.37. The van der Waals surface area contributed by atoms with Gasteiger partial charge in [-0.15, -0.1) is 0 Å². The number of hydrogen-bond acceptors (Lipinski definition) is 6. The summed E-state index contributed by atoms with van der Waals surface area (Å²) in [4.78, 5) is 38.9. The summed E-state index contributed by atoms with van der Waals surface area (Å²) in [5.74, 6) is -1.33. The van der Waals surface area contributed by atoms with Crippen LogP contribution in [0.25, 0.3) is 0 Å². The maximum atomic E-state index is 13.0. The second-order valence-electron chi connectivity index (χ2n) is 7.94. The summed E-state index contributed by atoms with van der Waals surface area (Å²) in [6, 6.07) is 3.74. The zero-order chi connectivity index (χ0) is 22.9. The zero-order valence-electron chi connectivity index (χ0n) is 18.3. The summed E-state index contributed by atoms with van der Waals surface area (Å²) < 4.78 is 5.13. The fraction of sp³-hybridized carbons (Fsp3) is 0.571. The van der Waals surface area contributed by atoms with Crippen LogP contribution in [0.2, 0.25) is 0 Å². The number of hydrogen-bond donors (Lipinski definition) is 4. The van der Waals surface area contributed by atoms with E-state index in [1.807, 2.05) is 6.92 Å². The molecule has 30 heavy (non-hydrogen) atoms. The van der Waals surface area contributed by atoms with Crippen LogP contribution in [-0.2, 0) is 14.3 Å². The van der Waals surface area contributed by atoms with Crippen molar-refractivity contribution in [3.63, 3.8) is 0 Å². The molecular weight excluding hydrogens is 390 g/mol. The van der Waals surface area contributed by atoms with Crippen LogP contribution in [0, 0.1) is 0 Å². The summed E-state index contributed by atoms with van der Waals surface area (Å²) >= 11 is 0. The van der Waals surface area contributed by atoms with Gasteiger partial charge in [-0.25, -0.2) is 4.79 Å². The summed E-state index contributed by atoms with van der Waals surface area (Å²) in [6.07, 6.45) is 0.772. The molecule has 0 bridgehead atoms. The largest absolute Gasteiger partial charge is 0.508 e. The highest BCUT2D eigenvalue weighted by Crippen LogP contribution is 2.28. The monoisotopic (exact) mass is 423 g/mol. The van der Waals surface area contributed by atoms with Gasteiger partial charge in [0.05, 0.1) is 6.61 Å². The molecule has 1 rings (SSSR count). The molecular formula is C21H33N3O6. The van der Waals surface area contributed by atoms with Crippen LogP contribution < -0.4 is 10.6 Å². The van der Waals surface area contributed by atoms with Crippen molar-refractivity contribution < 1.29 is 29.3 Å². The number of benzene rings is 1. The summed E-state index contributed by atoms with van der Waals surface area (Å²) in [5, 5.41) is 25.0. The molecule has 0 fully saturated rings. The fourth-order valence-corrected chi connectivity index (χ4v) is 2.74. The van der Waals surface area contributed by atoms with Crippen LogP contribution in [0.4, 0.5) is 4.79 Å². The lowest BCUT2D eigenvalue weighted by Gasteiger charge is -2.31. The van der Waals surface area contributed by atoms with Gasteiger partial charge >= 0.3 is 6.09 Å². The van der Waals surface area contributed by atoms with Crippen LogP contribution in [0.15, 0.2) is 24.3 Å². The molecule has 0 heterocycles. The Morgan fingerprint density at radius 2 is 1.83 bits per heavy atom. The topological polar surface area (TPSA) is 128 Å². The Labute approximate surface area is 177 Å². The third-order valence-corrected chi connectivity index (χ3v) is 4.22. The first-order valence-corrected chi connectivity index (χ1v) is 9.94. The highest BCUT2D eigenvalue weighted by Gasteiger charge is 2.34. The molecule has 2 unspecified atom stereocenters. The Morgan fingerprint density at radius 1 is 1.20 bits per heavy atom. The molecule has 4 N–H and O–H groups in total. The van der Waals surface area contributed by atoms with Crippen LogP contribution in [0.5, 0.6) is 5.75 Å². The highest BCUT2D eigenvalue weighted by molar-refractivity contribution is 5.92. The molecule has 0 radical (unpaired) electrons. The normalized spacial score (nSPS) is 13.1. The van der Waals surface area contributed by atoms with Crippen molar-refractivity contribution in [2.24, 2.45) is 0 Å². The van der Waals surface area contributed by atoms with Crippen molar-refractivity contribution in [1.82, 2.24) is 15.5 Å². The van der Waals surface area contributed by atoms with E-state index in [1.165, 1.54) is 13.1 Å². The molecule has 3 amide bonds. The first-order valence-electron chi connectivity index (χ1n) is 9.94. The number of aromatic hydroxyl groups is 1. The van der Waals surface area contributed by atoms with E-state index in [4.69, 9.17) is 4.74 Å². The molecule has 1 aromatic carbocycles. The Hall–Kier alpha value is -2.81. The number of unbranched alkanes of at least 4 members (excludes halogenated alkanes) is 1. The van der Waals surface area contributed by atoms with Crippen molar-refractivity contribution in [3.8, 4) is 5.75 Å². The smallest absolute Gasteiger partial charge is 0.408 e. The molecule has 168 valence electrons. The van der Waals surface area contributed by atoms with Gasteiger partial charge in [0.2, 0.25) is 11.8 Å². The number of alkyl carbamates (subject to hydrolysis) is 1. The molecule has 0 spiro atoms. The van der Waals surface area contributed by atoms with E-state index in [9.17, 15) is 24.6 Å². The number of carbonyl (C=O) groups excluding carboxylic acids is 3. The first-order chi connectivity index (χ1) is 14.0. The van der Waals surface area contributed by atoms with E-state index >= 15 is 0 Å². The minimum Gasteiger partial charge on any atom is -0.508 e. The average molecular weight is 424 g/mol. The summed E-state index contributed by atoms with van der Waals surface area (Å²) in [6.45, 7) is 6.72. The van der Waals surface area contributed by atoms with E-state index < -0.39 is 42.2 Å². The number of phenolic OH excluding ortho intramolecular Hbond substituents is 1. The van der Waals surface area contributed by atoms with Crippen molar-refractivity contribution in [2.45, 2.75) is 58.2 Å². The van der Waals surface area contributed by atoms with E-state index in [0.29, 0.717) is 6.54 Å². The number of carbonyl (C=O) groups is 3. The molecule has 0 aromatic heterocycles. The minimum absolute atomic E-state index is 0.145. The van der Waals surface area contributed by atoms with Crippen LogP contribution in [0.1, 0.15) is 52.1 Å². The number of phenols is 1. The van der Waals surface area contributed by atoms with Crippen molar-refractivity contribution >= 4 is 17.9 Å². The van der Waals surface area contributed by atoms with E-state index in [1.54, 1.807) is 39.0 Å². The molecule has 0 aliphatic heterocycles. The fourth-order valence-electron chi connectivity index (χ4n) is 2.74. The molecule has 0 saturated heterocycles. The molecule has 9 heteroatoms. The number of nitrogens with zero attached hydrogens (tertiary/aromatic N) is 1. The van der Waals surface area contributed by atoms with Crippen molar-refractivity contribution in [2.75, 3.05) is 20.2 Å². The van der Waals surface area contributed by atoms with Gasteiger partial charge in [-0.2, -0.15) is 0 Å². The second kappa shape index (κ2) is 11.4. The summed E-state index contributed by atoms with van der Waals surface area (Å²) in [5.41, 5.74) is -0.548. The molecule has 0 saturated carbocycles. The Balaban J connectivity index is 3.10. The number of likely N-dealkylation sites (N-methyl/N-ethyl adjacent to an activating group) is 1. The van der Waals surface area contributed by atoms with E-state index in [-0.39, 0.29) is 11.3 Å². The number of nitrogens with one attached hydrogen (secondary N) is 2. The quantitative estimate of drug-likeness (QED) is 0.448. The number of aliphatic hydroxyl groups is 1. The Kier molecular flexibility index (Phi) is 9.58. The standard InChI is InChI=1S/C21H33N3O6/c1-6-7-12-22-18(27)17(14-10-8-9-11-16(14)26)24(5)19(28)15(13-25)23-20(29)30-21(2,3)4/h8-11,15,17,25-26H,6-7,12-13H2,1-5H3,(H,22,27)(H,23,29). The number of amides is 3. The van der Waals surface area contributed by atoms with Gasteiger partial charge in [-0.3, -0.25) is 9.59 Å². The number of aliphatic hydroxyl groups excluding tert-OH is 1. The average Bonchev–Trinajstić information content (AvgIpc) is 2.66. The molecule has 2 atom stereocenters. The minimum atomic E-state index is -1.32. The predicted octanol–water partition coefficient (Wildman–Crippen LogP) is 1.69. The maximum Gasteiger partial charge on any atom is 0.408 e. The van der Waals surface area contributed by atoms with Crippen molar-refractivity contribution in [3.05, 3.63) is 29.8 Å². The van der Waals surface area contributed by atoms with Gasteiger partial charge in [-0.1, -0.05) is 31.5 Å². The lowest BCUT2D eigenvalue weighted by atomic mass is 10.0. The number of ether oxygens (including phenoxy) is 1. The third-order valence-electron chi connectivity index (χ3n) is 4.22. The van der Waals surface area contributed by atoms with Gasteiger partial charge in [0.25, 0.3) is 0 Å². The van der Waals surface area contributed by atoms with Gasteiger partial charge in [0, 0.05) is 19.2 Å². The number of rotatable bonds is 9. The van der Waals surface area contributed by atoms with Crippen molar-refractivity contribution in [1.29, 1.82) is 0 Å². The lowest BCUT2D eigenvalue weighted by molar-refractivity contribution is -0.141. The highest BCUT2D eigenvalue weighted by atomic mass is 16.6. The van der Waals surface area contributed by atoms with Gasteiger partial charge in [0.1, 0.15) is 23.4 Å². The Bertz CT molecular complexity index is 732. The molecule has 1 aromatic rings. The van der Waals surface area contributed by atoms with E-state index in [2.05, 4.69) is 10.6 Å². The van der Waals surface area contributed by atoms with E-state index in [0.717, 1.165) is 17.7 Å². The third kappa shape index (κ3) is 7.55.